The van der Waals surface area contributed by atoms with Crippen molar-refractivity contribution in [3.05, 3.63) is 35.9 Å². The molecule has 4 rings (SSSR count). The lowest BCUT2D eigenvalue weighted by Crippen LogP contribution is -2.71. The molecule has 3 aliphatic rings. The maximum atomic E-state index is 12.7. The Labute approximate surface area is 199 Å². The third kappa shape index (κ3) is 5.62. The molecule has 3 fully saturated rings. The van der Waals surface area contributed by atoms with Crippen molar-refractivity contribution in [2.24, 2.45) is 0 Å². The molecule has 0 bridgehead atoms. The standard InChI is InChI=1S/C25H35F2N3O4/c1-29-15-13-25(28-23(29)31)12-5-14-30(24(32)34-17-22(26)27)21(25)16-33-20-10-8-19(9-11-20)18-6-3-2-4-7-18/h2-4,6-7,19-22H,5,8-17H2,1H3,(H,28,31). The Balaban J connectivity index is 1.42. The molecule has 1 N–H and O–H groups in total. The molecule has 1 saturated carbocycles. The van der Waals surface area contributed by atoms with Gasteiger partial charge < -0.3 is 24.6 Å². The van der Waals surface area contributed by atoms with Crippen LogP contribution in [0.25, 0.3) is 0 Å². The summed E-state index contributed by atoms with van der Waals surface area (Å²) >= 11 is 0. The van der Waals surface area contributed by atoms with Gasteiger partial charge in [-0.3, -0.25) is 0 Å². The highest BCUT2D eigenvalue weighted by molar-refractivity contribution is 5.76. The van der Waals surface area contributed by atoms with Gasteiger partial charge in [0.15, 0.2) is 6.61 Å². The van der Waals surface area contributed by atoms with Gasteiger partial charge in [-0.2, -0.15) is 0 Å². The van der Waals surface area contributed by atoms with Crippen LogP contribution in [0, 0.1) is 0 Å². The molecule has 2 saturated heterocycles. The van der Waals surface area contributed by atoms with Crippen molar-refractivity contribution in [3.63, 3.8) is 0 Å². The van der Waals surface area contributed by atoms with E-state index in [0.29, 0.717) is 38.3 Å². The molecular formula is C25H35F2N3O4. The zero-order valence-corrected chi connectivity index (χ0v) is 19.8. The first-order chi connectivity index (χ1) is 16.4. The van der Waals surface area contributed by atoms with E-state index in [0.717, 1.165) is 25.7 Å². The molecule has 1 spiro atoms. The number of hydrogen-bond donors (Lipinski definition) is 1. The Bertz CT molecular complexity index is 835. The predicted octanol–water partition coefficient (Wildman–Crippen LogP) is 4.38. The van der Waals surface area contributed by atoms with Gasteiger partial charge in [0.25, 0.3) is 6.43 Å². The summed E-state index contributed by atoms with van der Waals surface area (Å²) in [6.07, 6.45) is 2.51. The number of amides is 3. The summed E-state index contributed by atoms with van der Waals surface area (Å²) in [6, 6.07) is 9.85. The number of hydrogen-bond acceptors (Lipinski definition) is 4. The highest BCUT2D eigenvalue weighted by Gasteiger charge is 2.50. The van der Waals surface area contributed by atoms with Crippen LogP contribution in [-0.4, -0.2) is 79.4 Å². The number of likely N-dealkylation sites (tertiary alicyclic amines) is 1. The van der Waals surface area contributed by atoms with Crippen molar-refractivity contribution in [2.75, 3.05) is 33.4 Å². The average molecular weight is 480 g/mol. The van der Waals surface area contributed by atoms with Gasteiger partial charge in [0.2, 0.25) is 0 Å². The number of halogens is 2. The number of carbonyl (C=O) groups excluding carboxylic acids is 2. The van der Waals surface area contributed by atoms with Gasteiger partial charge in [-0.15, -0.1) is 0 Å². The molecule has 2 heterocycles. The minimum Gasteiger partial charge on any atom is -0.443 e. The molecule has 188 valence electrons. The maximum absolute atomic E-state index is 12.7. The fraction of sp³-hybridized carbons (Fsp3) is 0.680. The number of ether oxygens (including phenoxy) is 2. The summed E-state index contributed by atoms with van der Waals surface area (Å²) < 4.78 is 36.5. The number of piperidine rings is 1. The topological polar surface area (TPSA) is 71.1 Å². The van der Waals surface area contributed by atoms with Crippen molar-refractivity contribution < 1.29 is 27.8 Å². The minimum absolute atomic E-state index is 0.0693. The first-order valence-corrected chi connectivity index (χ1v) is 12.3. The second kappa shape index (κ2) is 10.9. The fourth-order valence-electron chi connectivity index (χ4n) is 5.66. The number of nitrogens with zero attached hydrogens (tertiary/aromatic N) is 2. The number of benzene rings is 1. The van der Waals surface area contributed by atoms with Gasteiger partial charge in [-0.25, -0.2) is 18.4 Å². The molecule has 1 aromatic carbocycles. The second-order valence-electron chi connectivity index (χ2n) is 9.76. The fourth-order valence-corrected chi connectivity index (χ4v) is 5.66. The zero-order chi connectivity index (χ0) is 24.1. The van der Waals surface area contributed by atoms with E-state index in [9.17, 15) is 18.4 Å². The maximum Gasteiger partial charge on any atom is 0.410 e. The number of nitrogens with one attached hydrogen (secondary N) is 1. The molecule has 1 aliphatic carbocycles. The molecule has 1 aromatic rings. The first-order valence-electron chi connectivity index (χ1n) is 12.3. The number of rotatable bonds is 6. The van der Waals surface area contributed by atoms with Crippen molar-refractivity contribution in [3.8, 4) is 0 Å². The third-order valence-corrected chi connectivity index (χ3v) is 7.63. The predicted molar refractivity (Wildman–Crippen MR) is 123 cm³/mol. The molecule has 2 aliphatic heterocycles. The van der Waals surface area contributed by atoms with Crippen LogP contribution in [0.15, 0.2) is 30.3 Å². The summed E-state index contributed by atoms with van der Waals surface area (Å²) in [5.74, 6) is 0.524. The molecule has 0 radical (unpaired) electrons. The van der Waals surface area contributed by atoms with E-state index in [4.69, 9.17) is 9.47 Å². The zero-order valence-electron chi connectivity index (χ0n) is 19.8. The summed E-state index contributed by atoms with van der Waals surface area (Å²) in [5.41, 5.74) is 0.710. The highest BCUT2D eigenvalue weighted by Crippen LogP contribution is 2.37. The first kappa shape index (κ1) is 24.7. The van der Waals surface area contributed by atoms with Crippen LogP contribution in [0.2, 0.25) is 0 Å². The lowest BCUT2D eigenvalue weighted by molar-refractivity contribution is -0.0585. The highest BCUT2D eigenvalue weighted by atomic mass is 19.3. The van der Waals surface area contributed by atoms with Crippen molar-refractivity contribution in [1.29, 1.82) is 0 Å². The van der Waals surface area contributed by atoms with E-state index >= 15 is 0 Å². The summed E-state index contributed by atoms with van der Waals surface area (Å²) in [4.78, 5) is 28.4. The van der Waals surface area contributed by atoms with Crippen LogP contribution < -0.4 is 5.32 Å². The van der Waals surface area contributed by atoms with E-state index < -0.39 is 30.7 Å². The summed E-state index contributed by atoms with van der Waals surface area (Å²) in [5, 5.41) is 3.11. The number of alkyl halides is 2. The molecule has 0 aromatic heterocycles. The van der Waals surface area contributed by atoms with Crippen molar-refractivity contribution in [2.45, 2.75) is 75.0 Å². The molecule has 2 atom stereocenters. The normalized spacial score (nSPS) is 29.9. The van der Waals surface area contributed by atoms with Gasteiger partial charge in [0, 0.05) is 20.1 Å². The van der Waals surface area contributed by atoms with Crippen LogP contribution in [0.3, 0.4) is 0 Å². The van der Waals surface area contributed by atoms with Gasteiger partial charge in [0.05, 0.1) is 24.3 Å². The lowest BCUT2D eigenvalue weighted by Gasteiger charge is -2.52. The van der Waals surface area contributed by atoms with E-state index in [1.807, 2.05) is 6.07 Å². The van der Waals surface area contributed by atoms with Crippen molar-refractivity contribution >= 4 is 12.1 Å². The molecule has 9 heteroatoms. The van der Waals surface area contributed by atoms with Gasteiger partial charge in [0.1, 0.15) is 0 Å². The Morgan fingerprint density at radius 1 is 1.15 bits per heavy atom. The monoisotopic (exact) mass is 479 g/mol. The number of urea groups is 1. The van der Waals surface area contributed by atoms with E-state index in [1.54, 1.807) is 11.9 Å². The molecule has 7 nitrogen and oxygen atoms in total. The van der Waals surface area contributed by atoms with Gasteiger partial charge >= 0.3 is 12.1 Å². The second-order valence-corrected chi connectivity index (χ2v) is 9.76. The Morgan fingerprint density at radius 3 is 2.56 bits per heavy atom. The lowest BCUT2D eigenvalue weighted by atomic mass is 9.77. The van der Waals surface area contributed by atoms with E-state index in [2.05, 4.69) is 29.6 Å². The SMILES string of the molecule is CN1CCC2(CCCN(C(=O)OCC(F)F)C2COC2CCC(c3ccccc3)CC2)NC1=O. The smallest absolute Gasteiger partial charge is 0.410 e. The van der Waals surface area contributed by atoms with Crippen LogP contribution in [-0.2, 0) is 9.47 Å². The Hall–Kier alpha value is -2.42. The quantitative estimate of drug-likeness (QED) is 0.658. The number of carbonyl (C=O) groups is 2. The molecular weight excluding hydrogens is 444 g/mol. The summed E-state index contributed by atoms with van der Waals surface area (Å²) in [7, 11) is 1.73. The Morgan fingerprint density at radius 2 is 1.88 bits per heavy atom. The molecule has 3 amide bonds. The minimum atomic E-state index is -2.72. The largest absolute Gasteiger partial charge is 0.443 e. The third-order valence-electron chi connectivity index (χ3n) is 7.63. The molecule has 34 heavy (non-hydrogen) atoms. The van der Waals surface area contributed by atoms with Crippen LogP contribution >= 0.6 is 0 Å². The van der Waals surface area contributed by atoms with Gasteiger partial charge in [-0.1, -0.05) is 30.3 Å². The average Bonchev–Trinajstić information content (AvgIpc) is 2.85. The van der Waals surface area contributed by atoms with E-state index in [1.165, 1.54) is 10.5 Å². The Kier molecular flexibility index (Phi) is 7.91. The van der Waals surface area contributed by atoms with Crippen molar-refractivity contribution in [1.82, 2.24) is 15.1 Å². The van der Waals surface area contributed by atoms with Crippen LogP contribution in [0.1, 0.15) is 56.4 Å². The van der Waals surface area contributed by atoms with E-state index in [-0.39, 0.29) is 18.7 Å². The van der Waals surface area contributed by atoms with Gasteiger partial charge in [-0.05, 0) is 56.4 Å². The van der Waals surface area contributed by atoms with Crippen LogP contribution in [0.4, 0.5) is 18.4 Å². The summed E-state index contributed by atoms with van der Waals surface area (Å²) in [6.45, 7) is 0.262. The van der Waals surface area contributed by atoms with Crippen LogP contribution in [0.5, 0.6) is 0 Å². The molecule has 2 unspecified atom stereocenters.